The Balaban J connectivity index is 1.44. The molecular formula is C27H24ClF3N4O3. The Labute approximate surface area is 222 Å². The standard InChI is InChI=1S/C27H24ClF3N4O3/c1-36-21-5-3-16(4-6-21)24-19(12-33-34-24)15-35-7-8-38-26-18(14-35)9-17(10-23(26)37-2)25-22(28)11-20(13-32-25)27(29,30)31/h3-6,9-13H,7-8,14-15H2,1-2H3,(H,33,34). The summed E-state index contributed by atoms with van der Waals surface area (Å²) >= 11 is 6.24. The highest BCUT2D eigenvalue weighted by molar-refractivity contribution is 6.33. The van der Waals surface area contributed by atoms with Gasteiger partial charge in [0.05, 0.1) is 42.4 Å². The van der Waals surface area contributed by atoms with E-state index in [0.717, 1.165) is 40.4 Å². The van der Waals surface area contributed by atoms with Crippen molar-refractivity contribution >= 4 is 11.6 Å². The average Bonchev–Trinajstić information content (AvgIpc) is 3.26. The number of ether oxygens (including phenoxy) is 3. The second-order valence-electron chi connectivity index (χ2n) is 8.78. The normalized spacial score (nSPS) is 13.9. The van der Waals surface area contributed by atoms with Crippen molar-refractivity contribution in [3.05, 3.63) is 76.6 Å². The molecule has 0 spiro atoms. The van der Waals surface area contributed by atoms with Gasteiger partial charge in [-0.3, -0.25) is 15.0 Å². The van der Waals surface area contributed by atoms with Crippen LogP contribution in [0.4, 0.5) is 13.2 Å². The molecule has 0 amide bonds. The number of nitrogens with one attached hydrogen (secondary N) is 1. The van der Waals surface area contributed by atoms with Gasteiger partial charge < -0.3 is 14.2 Å². The fourth-order valence-electron chi connectivity index (χ4n) is 4.45. The molecule has 11 heteroatoms. The third-order valence-electron chi connectivity index (χ3n) is 6.33. The lowest BCUT2D eigenvalue weighted by atomic mass is 10.0. The molecule has 5 rings (SSSR count). The number of hydrogen-bond acceptors (Lipinski definition) is 6. The molecular weight excluding hydrogens is 521 g/mol. The maximum absolute atomic E-state index is 13.1. The molecule has 0 bridgehead atoms. The second-order valence-corrected chi connectivity index (χ2v) is 9.18. The average molecular weight is 545 g/mol. The molecule has 0 unspecified atom stereocenters. The van der Waals surface area contributed by atoms with Crippen molar-refractivity contribution in [1.82, 2.24) is 20.1 Å². The summed E-state index contributed by atoms with van der Waals surface area (Å²) in [4.78, 5) is 6.22. The van der Waals surface area contributed by atoms with E-state index in [1.54, 1.807) is 19.4 Å². The number of H-pyrrole nitrogens is 1. The van der Waals surface area contributed by atoms with Gasteiger partial charge in [-0.15, -0.1) is 0 Å². The number of benzene rings is 2. The van der Waals surface area contributed by atoms with Crippen molar-refractivity contribution in [2.45, 2.75) is 19.3 Å². The van der Waals surface area contributed by atoms with Crippen molar-refractivity contribution < 1.29 is 27.4 Å². The zero-order chi connectivity index (χ0) is 26.9. The molecule has 38 heavy (non-hydrogen) atoms. The first kappa shape index (κ1) is 25.9. The van der Waals surface area contributed by atoms with Gasteiger partial charge in [0.2, 0.25) is 0 Å². The third-order valence-corrected chi connectivity index (χ3v) is 6.62. The smallest absolute Gasteiger partial charge is 0.417 e. The van der Waals surface area contributed by atoms with E-state index in [4.69, 9.17) is 25.8 Å². The van der Waals surface area contributed by atoms with Crippen LogP contribution in [0.25, 0.3) is 22.5 Å². The summed E-state index contributed by atoms with van der Waals surface area (Å²) in [6.07, 6.45) is -1.95. The van der Waals surface area contributed by atoms with Gasteiger partial charge in [0.15, 0.2) is 11.5 Å². The number of alkyl halides is 3. The summed E-state index contributed by atoms with van der Waals surface area (Å²) in [5.41, 5.74) is 3.57. The number of hydrogen-bond donors (Lipinski definition) is 1. The Hall–Kier alpha value is -3.76. The van der Waals surface area contributed by atoms with Crippen LogP contribution < -0.4 is 14.2 Å². The van der Waals surface area contributed by atoms with E-state index < -0.39 is 11.7 Å². The molecule has 198 valence electrons. The van der Waals surface area contributed by atoms with Crippen LogP contribution in [0.5, 0.6) is 17.2 Å². The van der Waals surface area contributed by atoms with Gasteiger partial charge in [0.1, 0.15) is 12.4 Å². The van der Waals surface area contributed by atoms with E-state index in [2.05, 4.69) is 20.1 Å². The Bertz CT molecular complexity index is 1440. The van der Waals surface area contributed by atoms with E-state index >= 15 is 0 Å². The van der Waals surface area contributed by atoms with Crippen LogP contribution in [0.1, 0.15) is 16.7 Å². The number of pyridine rings is 1. The minimum absolute atomic E-state index is 0.101. The molecule has 0 fully saturated rings. The maximum Gasteiger partial charge on any atom is 0.417 e. The molecule has 1 aliphatic rings. The zero-order valence-electron chi connectivity index (χ0n) is 20.6. The van der Waals surface area contributed by atoms with Crippen molar-refractivity contribution in [2.24, 2.45) is 0 Å². The zero-order valence-corrected chi connectivity index (χ0v) is 21.4. The van der Waals surface area contributed by atoms with E-state index in [0.29, 0.717) is 43.3 Å². The number of methoxy groups -OCH3 is 2. The van der Waals surface area contributed by atoms with E-state index in [1.807, 2.05) is 30.3 Å². The van der Waals surface area contributed by atoms with Crippen molar-refractivity contribution in [1.29, 1.82) is 0 Å². The van der Waals surface area contributed by atoms with Crippen LogP contribution >= 0.6 is 11.6 Å². The van der Waals surface area contributed by atoms with Crippen molar-refractivity contribution in [3.8, 4) is 39.8 Å². The summed E-state index contributed by atoms with van der Waals surface area (Å²) in [6, 6.07) is 12.1. The summed E-state index contributed by atoms with van der Waals surface area (Å²) in [5, 5.41) is 7.23. The van der Waals surface area contributed by atoms with Gasteiger partial charge in [-0.2, -0.15) is 18.3 Å². The molecule has 0 aliphatic carbocycles. The molecule has 0 radical (unpaired) electrons. The number of fused-ring (bicyclic) bond motifs is 1. The topological polar surface area (TPSA) is 72.5 Å². The minimum Gasteiger partial charge on any atom is -0.497 e. The van der Waals surface area contributed by atoms with Gasteiger partial charge in [-0.05, 0) is 42.5 Å². The number of rotatable bonds is 6. The SMILES string of the molecule is COc1ccc(-c2[nH]ncc2CN2CCOc3c(cc(-c4ncc(C(F)(F)F)cc4Cl)cc3OC)C2)cc1. The summed E-state index contributed by atoms with van der Waals surface area (Å²) in [6.45, 7) is 2.16. The first-order chi connectivity index (χ1) is 18.3. The second kappa shape index (κ2) is 10.5. The third kappa shape index (κ3) is 5.27. The maximum atomic E-state index is 13.1. The predicted molar refractivity (Wildman–Crippen MR) is 136 cm³/mol. The van der Waals surface area contributed by atoms with Crippen LogP contribution in [0.2, 0.25) is 5.02 Å². The molecule has 1 N–H and O–H groups in total. The fraction of sp³-hybridized carbons (Fsp3) is 0.259. The largest absolute Gasteiger partial charge is 0.497 e. The highest BCUT2D eigenvalue weighted by Crippen LogP contribution is 2.41. The number of nitrogens with zero attached hydrogens (tertiary/aromatic N) is 3. The molecule has 2 aromatic heterocycles. The van der Waals surface area contributed by atoms with Crippen molar-refractivity contribution in [2.75, 3.05) is 27.4 Å². The van der Waals surface area contributed by atoms with E-state index in [1.165, 1.54) is 7.11 Å². The lowest BCUT2D eigenvalue weighted by Crippen LogP contribution is -2.25. The van der Waals surface area contributed by atoms with Crippen LogP contribution in [-0.2, 0) is 19.3 Å². The van der Waals surface area contributed by atoms with Crippen LogP contribution in [-0.4, -0.2) is 47.5 Å². The summed E-state index contributed by atoms with van der Waals surface area (Å²) in [5.74, 6) is 1.81. The summed E-state index contributed by atoms with van der Waals surface area (Å²) in [7, 11) is 3.14. The molecule has 0 atom stereocenters. The Kier molecular flexibility index (Phi) is 7.18. The van der Waals surface area contributed by atoms with Crippen molar-refractivity contribution in [3.63, 3.8) is 0 Å². The number of halogens is 4. The fourth-order valence-corrected chi connectivity index (χ4v) is 4.72. The highest BCUT2D eigenvalue weighted by Gasteiger charge is 2.32. The van der Waals surface area contributed by atoms with Gasteiger partial charge in [-0.1, -0.05) is 11.6 Å². The minimum atomic E-state index is -4.53. The van der Waals surface area contributed by atoms with E-state index in [9.17, 15) is 13.2 Å². The molecule has 1 aliphatic heterocycles. The monoisotopic (exact) mass is 544 g/mol. The quantitative estimate of drug-likeness (QED) is 0.310. The van der Waals surface area contributed by atoms with Crippen LogP contribution in [0.3, 0.4) is 0 Å². The molecule has 0 saturated heterocycles. The van der Waals surface area contributed by atoms with Crippen LogP contribution in [0.15, 0.2) is 54.9 Å². The molecule has 7 nitrogen and oxygen atoms in total. The lowest BCUT2D eigenvalue weighted by Gasteiger charge is -2.20. The summed E-state index contributed by atoms with van der Waals surface area (Å²) < 4.78 is 56.2. The van der Waals surface area contributed by atoms with Gasteiger partial charge in [0.25, 0.3) is 0 Å². The van der Waals surface area contributed by atoms with E-state index in [-0.39, 0.29) is 10.7 Å². The molecule has 3 heterocycles. The predicted octanol–water partition coefficient (Wildman–Crippen LogP) is 6.22. The molecule has 4 aromatic rings. The Morgan fingerprint density at radius 1 is 1.05 bits per heavy atom. The highest BCUT2D eigenvalue weighted by atomic mass is 35.5. The lowest BCUT2D eigenvalue weighted by molar-refractivity contribution is -0.137. The Morgan fingerprint density at radius 3 is 2.53 bits per heavy atom. The molecule has 2 aromatic carbocycles. The Morgan fingerprint density at radius 2 is 1.84 bits per heavy atom. The number of aromatic nitrogens is 3. The van der Waals surface area contributed by atoms with Crippen LogP contribution in [0, 0.1) is 0 Å². The first-order valence-corrected chi connectivity index (χ1v) is 12.1. The van der Waals surface area contributed by atoms with Gasteiger partial charge in [-0.25, -0.2) is 0 Å². The van der Waals surface area contributed by atoms with Gasteiger partial charge >= 0.3 is 6.18 Å². The number of aromatic amines is 1. The first-order valence-electron chi connectivity index (χ1n) is 11.7. The molecule has 0 saturated carbocycles. The van der Waals surface area contributed by atoms with Gasteiger partial charge in [0, 0.05) is 48.1 Å².